The van der Waals surface area contributed by atoms with Crippen molar-refractivity contribution in [2.75, 3.05) is 0 Å². The van der Waals surface area contributed by atoms with Crippen molar-refractivity contribution in [1.29, 1.82) is 0 Å². The van der Waals surface area contributed by atoms with Crippen LogP contribution in [0, 0.1) is 27.7 Å². The van der Waals surface area contributed by atoms with Gasteiger partial charge >= 0.3 is 0 Å². The van der Waals surface area contributed by atoms with Crippen molar-refractivity contribution in [2.45, 2.75) is 27.7 Å². The van der Waals surface area contributed by atoms with Crippen molar-refractivity contribution in [3.63, 3.8) is 0 Å². The highest BCUT2D eigenvalue weighted by Crippen LogP contribution is 2.28. The van der Waals surface area contributed by atoms with Crippen molar-refractivity contribution in [3.05, 3.63) is 28.3 Å². The van der Waals surface area contributed by atoms with E-state index in [-0.39, 0.29) is 0 Å². The summed E-state index contributed by atoms with van der Waals surface area (Å²) in [6.45, 7) is 8.42. The van der Waals surface area contributed by atoms with Crippen LogP contribution in [0.2, 0.25) is 0 Å². The standard InChI is InChI=1S/C11H14O2/c1-7-5-8(2)10(4)11(9(7)3)13-6-12/h5-6H,1-4H3. The molecule has 1 aromatic carbocycles. The summed E-state index contributed by atoms with van der Waals surface area (Å²) in [6, 6.07) is 2.10. The van der Waals surface area contributed by atoms with Crippen LogP contribution in [0.3, 0.4) is 0 Å². The molecule has 0 heterocycles. The van der Waals surface area contributed by atoms with E-state index in [1.54, 1.807) is 0 Å². The van der Waals surface area contributed by atoms with Gasteiger partial charge in [-0.3, -0.25) is 4.79 Å². The first kappa shape index (κ1) is 9.78. The molecule has 0 radical (unpaired) electrons. The number of ether oxygens (including phenoxy) is 1. The van der Waals surface area contributed by atoms with Crippen LogP contribution >= 0.6 is 0 Å². The van der Waals surface area contributed by atoms with Crippen LogP contribution in [0.5, 0.6) is 5.75 Å². The summed E-state index contributed by atoms with van der Waals surface area (Å²) in [5.41, 5.74) is 4.38. The van der Waals surface area contributed by atoms with Gasteiger partial charge in [0.25, 0.3) is 6.47 Å². The molecule has 2 nitrogen and oxygen atoms in total. The van der Waals surface area contributed by atoms with Gasteiger partial charge in [0.15, 0.2) is 0 Å². The summed E-state index contributed by atoms with van der Waals surface area (Å²) in [6.07, 6.45) is 0. The van der Waals surface area contributed by atoms with Crippen molar-refractivity contribution >= 4 is 6.47 Å². The molecular weight excluding hydrogens is 164 g/mol. The Labute approximate surface area is 78.5 Å². The molecule has 70 valence electrons. The van der Waals surface area contributed by atoms with Crippen LogP contribution in [0.25, 0.3) is 0 Å². The van der Waals surface area contributed by atoms with E-state index >= 15 is 0 Å². The van der Waals surface area contributed by atoms with Crippen LogP contribution < -0.4 is 4.74 Å². The molecule has 0 aromatic heterocycles. The van der Waals surface area contributed by atoms with Gasteiger partial charge in [0.1, 0.15) is 5.75 Å². The first-order chi connectivity index (χ1) is 6.07. The van der Waals surface area contributed by atoms with Gasteiger partial charge in [-0.25, -0.2) is 0 Å². The van der Waals surface area contributed by atoms with Crippen LogP contribution in [-0.4, -0.2) is 6.47 Å². The van der Waals surface area contributed by atoms with E-state index < -0.39 is 0 Å². The maximum Gasteiger partial charge on any atom is 0.298 e. The molecule has 0 bridgehead atoms. The number of aryl methyl sites for hydroxylation is 2. The lowest BCUT2D eigenvalue weighted by molar-refractivity contribution is -0.120. The first-order valence-electron chi connectivity index (χ1n) is 4.25. The van der Waals surface area contributed by atoms with Gasteiger partial charge in [0, 0.05) is 0 Å². The Hall–Kier alpha value is -1.31. The third-order valence-electron chi connectivity index (χ3n) is 2.46. The summed E-state index contributed by atoms with van der Waals surface area (Å²) in [7, 11) is 0. The second-order valence-corrected chi connectivity index (χ2v) is 3.30. The fourth-order valence-electron chi connectivity index (χ4n) is 1.41. The summed E-state index contributed by atoms with van der Waals surface area (Å²) in [4.78, 5) is 10.3. The van der Waals surface area contributed by atoms with Gasteiger partial charge in [-0.2, -0.15) is 0 Å². The maximum absolute atomic E-state index is 10.3. The second kappa shape index (κ2) is 3.60. The average Bonchev–Trinajstić information content (AvgIpc) is 2.09. The molecule has 0 spiro atoms. The molecule has 0 N–H and O–H groups in total. The highest BCUT2D eigenvalue weighted by molar-refractivity contribution is 5.55. The number of benzene rings is 1. The molecule has 0 aliphatic carbocycles. The Morgan fingerprint density at radius 1 is 1.08 bits per heavy atom. The number of carbonyl (C=O) groups excluding carboxylic acids is 1. The highest BCUT2D eigenvalue weighted by Gasteiger charge is 2.08. The topological polar surface area (TPSA) is 26.3 Å². The van der Waals surface area contributed by atoms with Crippen LogP contribution in [-0.2, 0) is 4.79 Å². The van der Waals surface area contributed by atoms with Crippen molar-refractivity contribution < 1.29 is 9.53 Å². The number of carbonyl (C=O) groups is 1. The number of hydrogen-bond acceptors (Lipinski definition) is 2. The zero-order valence-electron chi connectivity index (χ0n) is 8.47. The molecule has 2 heteroatoms. The van der Waals surface area contributed by atoms with Gasteiger partial charge < -0.3 is 4.74 Å². The molecular formula is C11H14O2. The zero-order valence-corrected chi connectivity index (χ0v) is 8.47. The Balaban J connectivity index is 3.36. The van der Waals surface area contributed by atoms with Gasteiger partial charge in [0.2, 0.25) is 0 Å². The largest absolute Gasteiger partial charge is 0.428 e. The summed E-state index contributed by atoms with van der Waals surface area (Å²) < 4.78 is 4.95. The van der Waals surface area contributed by atoms with Gasteiger partial charge in [0.05, 0.1) is 0 Å². The maximum atomic E-state index is 10.3. The summed E-state index contributed by atoms with van der Waals surface area (Å²) in [5, 5.41) is 0. The highest BCUT2D eigenvalue weighted by atomic mass is 16.5. The molecule has 0 unspecified atom stereocenters. The number of rotatable bonds is 2. The molecule has 0 fully saturated rings. The first-order valence-corrected chi connectivity index (χ1v) is 4.25. The molecule has 0 atom stereocenters. The Morgan fingerprint density at radius 2 is 1.54 bits per heavy atom. The summed E-state index contributed by atoms with van der Waals surface area (Å²) >= 11 is 0. The molecule has 13 heavy (non-hydrogen) atoms. The minimum atomic E-state index is 0.480. The Kier molecular flexibility index (Phi) is 2.71. The van der Waals surface area contributed by atoms with Crippen LogP contribution in [0.4, 0.5) is 0 Å². The molecule has 0 saturated carbocycles. The van der Waals surface area contributed by atoms with E-state index in [2.05, 4.69) is 6.07 Å². The quantitative estimate of drug-likeness (QED) is 0.650. The zero-order chi connectivity index (χ0) is 10.0. The van der Waals surface area contributed by atoms with E-state index in [0.717, 1.165) is 22.3 Å². The lowest BCUT2D eigenvalue weighted by atomic mass is 10.0. The fourth-order valence-corrected chi connectivity index (χ4v) is 1.41. The van der Waals surface area contributed by atoms with Crippen molar-refractivity contribution in [3.8, 4) is 5.75 Å². The minimum Gasteiger partial charge on any atom is -0.428 e. The molecule has 0 aliphatic heterocycles. The van der Waals surface area contributed by atoms with E-state index in [9.17, 15) is 4.79 Å². The lowest BCUT2D eigenvalue weighted by Crippen LogP contribution is -1.98. The van der Waals surface area contributed by atoms with Gasteiger partial charge in [-0.05, 0) is 49.9 Å². The third kappa shape index (κ3) is 1.72. The van der Waals surface area contributed by atoms with Gasteiger partial charge in [-0.15, -0.1) is 0 Å². The van der Waals surface area contributed by atoms with Crippen LogP contribution in [0.15, 0.2) is 6.07 Å². The van der Waals surface area contributed by atoms with Crippen molar-refractivity contribution in [1.82, 2.24) is 0 Å². The van der Waals surface area contributed by atoms with Gasteiger partial charge in [-0.1, -0.05) is 6.07 Å². The second-order valence-electron chi connectivity index (χ2n) is 3.30. The minimum absolute atomic E-state index is 0.480. The fraction of sp³-hybridized carbons (Fsp3) is 0.364. The monoisotopic (exact) mass is 178 g/mol. The molecule has 0 saturated heterocycles. The predicted molar refractivity (Wildman–Crippen MR) is 52.1 cm³/mol. The average molecular weight is 178 g/mol. The van der Waals surface area contributed by atoms with E-state index in [1.165, 1.54) is 0 Å². The molecule has 0 amide bonds. The van der Waals surface area contributed by atoms with E-state index in [0.29, 0.717) is 12.2 Å². The SMILES string of the molecule is Cc1cc(C)c(C)c(OC=O)c1C. The lowest BCUT2D eigenvalue weighted by Gasteiger charge is -2.12. The normalized spacial score (nSPS) is 9.85. The Morgan fingerprint density at radius 3 is 1.92 bits per heavy atom. The molecule has 0 aliphatic rings. The van der Waals surface area contributed by atoms with Crippen molar-refractivity contribution in [2.24, 2.45) is 0 Å². The predicted octanol–water partition coefficient (Wildman–Crippen LogP) is 2.46. The third-order valence-corrected chi connectivity index (χ3v) is 2.46. The molecule has 1 rings (SSSR count). The smallest absolute Gasteiger partial charge is 0.298 e. The van der Waals surface area contributed by atoms with E-state index in [1.807, 2.05) is 27.7 Å². The summed E-state index contributed by atoms with van der Waals surface area (Å²) in [5.74, 6) is 0.701. The molecule has 1 aromatic rings. The Bertz CT molecular complexity index is 314. The number of hydrogen-bond donors (Lipinski definition) is 0. The van der Waals surface area contributed by atoms with Crippen LogP contribution in [0.1, 0.15) is 22.3 Å². The van der Waals surface area contributed by atoms with E-state index in [4.69, 9.17) is 4.74 Å².